The smallest absolute Gasteiger partial charge is 0.338 e. The van der Waals surface area contributed by atoms with Crippen LogP contribution in [0.2, 0.25) is 0 Å². The highest BCUT2D eigenvalue weighted by atomic mass is 32.2. The van der Waals surface area contributed by atoms with E-state index in [1.807, 2.05) is 52.0 Å². The molecule has 0 atom stereocenters. The molecule has 3 rings (SSSR count). The van der Waals surface area contributed by atoms with Crippen LogP contribution in [0.4, 0.5) is 28.4 Å². The van der Waals surface area contributed by atoms with Crippen molar-refractivity contribution in [2.75, 3.05) is 5.73 Å². The fourth-order valence-electron chi connectivity index (χ4n) is 3.24. The van der Waals surface area contributed by atoms with E-state index in [1.165, 1.54) is 12.1 Å². The molecular formula is C23H23N5O5S. The number of carboxylic acids is 1. The lowest BCUT2D eigenvalue weighted by Crippen LogP contribution is -1.97. The number of rotatable bonds is 8. The van der Waals surface area contributed by atoms with E-state index in [9.17, 15) is 9.90 Å². The number of anilines is 1. The lowest BCUT2D eigenvalue weighted by Gasteiger charge is -2.07. The fourth-order valence-corrected chi connectivity index (χ4v) is 3.64. The fraction of sp³-hybridized carbons (Fsp3) is 0.174. The molecule has 0 radical (unpaired) electrons. The average molecular weight is 482 g/mol. The Balaban J connectivity index is 1.88. The molecule has 0 aromatic heterocycles. The molecule has 3 aromatic carbocycles. The van der Waals surface area contributed by atoms with Crippen molar-refractivity contribution in [1.82, 2.24) is 0 Å². The quantitative estimate of drug-likeness (QED) is 0.0992. The Morgan fingerprint density at radius 2 is 1.38 bits per heavy atom. The monoisotopic (exact) mass is 481 g/mol. The minimum atomic E-state index is -1.18. The molecule has 10 nitrogen and oxygen atoms in total. The van der Waals surface area contributed by atoms with Crippen LogP contribution in [0.5, 0.6) is 0 Å². The highest BCUT2D eigenvalue weighted by Crippen LogP contribution is 2.34. The van der Waals surface area contributed by atoms with Crippen molar-refractivity contribution >= 4 is 46.4 Å². The van der Waals surface area contributed by atoms with Crippen LogP contribution < -0.4 is 5.73 Å². The summed E-state index contributed by atoms with van der Waals surface area (Å²) in [5, 5.41) is 38.5. The first-order chi connectivity index (χ1) is 16.2. The highest BCUT2D eigenvalue weighted by Gasteiger charge is 2.13. The molecule has 3 aromatic rings. The largest absolute Gasteiger partial charge is 0.478 e. The van der Waals surface area contributed by atoms with Crippen LogP contribution in [-0.2, 0) is 9.37 Å². The predicted octanol–water partition coefficient (Wildman–Crippen LogP) is 7.46. The number of aromatic carboxylic acids is 1. The zero-order chi connectivity index (χ0) is 24.8. The second-order valence-electron chi connectivity index (χ2n) is 7.54. The molecule has 0 unspecified atom stereocenters. The minimum absolute atomic E-state index is 0.0793. The van der Waals surface area contributed by atoms with Gasteiger partial charge < -0.3 is 10.8 Å². The van der Waals surface area contributed by atoms with E-state index in [-0.39, 0.29) is 11.3 Å². The number of nitrogen functional groups attached to an aromatic ring is 1. The number of carbonyl (C=O) groups is 1. The summed E-state index contributed by atoms with van der Waals surface area (Å²) in [6, 6.07) is 11.8. The average Bonchev–Trinajstić information content (AvgIpc) is 2.78. The van der Waals surface area contributed by atoms with E-state index in [2.05, 4.69) is 29.8 Å². The number of azo groups is 2. The lowest BCUT2D eigenvalue weighted by molar-refractivity contribution is -0.432. The number of hydrogen-bond donors (Lipinski definition) is 3. The molecule has 0 saturated heterocycles. The van der Waals surface area contributed by atoms with E-state index in [0.29, 0.717) is 34.0 Å². The third kappa shape index (κ3) is 6.02. The second-order valence-corrected chi connectivity index (χ2v) is 8.31. The van der Waals surface area contributed by atoms with Crippen molar-refractivity contribution in [2.24, 2.45) is 20.5 Å². The summed E-state index contributed by atoms with van der Waals surface area (Å²) in [5.74, 6) is -1.18. The van der Waals surface area contributed by atoms with Crippen LogP contribution in [0.15, 0.2) is 67.8 Å². The number of carboxylic acid groups (broad SMARTS) is 1. The van der Waals surface area contributed by atoms with Crippen molar-refractivity contribution in [3.8, 4) is 0 Å². The van der Waals surface area contributed by atoms with Gasteiger partial charge in [0, 0.05) is 10.6 Å². The number of hydrogen-bond acceptors (Lipinski definition) is 10. The van der Waals surface area contributed by atoms with Gasteiger partial charge in [-0.25, -0.2) is 10.1 Å². The van der Waals surface area contributed by atoms with Crippen LogP contribution in [-0.4, -0.2) is 16.3 Å². The topological polar surface area (TPSA) is 151 Å². The Kier molecular flexibility index (Phi) is 8.08. The van der Waals surface area contributed by atoms with Crippen molar-refractivity contribution in [3.05, 3.63) is 70.3 Å². The molecule has 0 aliphatic heterocycles. The van der Waals surface area contributed by atoms with Crippen LogP contribution in [0, 0.1) is 27.7 Å². The summed E-state index contributed by atoms with van der Waals surface area (Å²) < 4.78 is 4.33. The Bertz CT molecular complexity index is 1270. The van der Waals surface area contributed by atoms with Crippen molar-refractivity contribution < 1.29 is 24.5 Å². The van der Waals surface area contributed by atoms with E-state index in [4.69, 9.17) is 11.0 Å². The zero-order valence-corrected chi connectivity index (χ0v) is 19.8. The van der Waals surface area contributed by atoms with Crippen molar-refractivity contribution in [1.29, 1.82) is 0 Å². The second kappa shape index (κ2) is 11.0. The Morgan fingerprint density at radius 3 is 1.94 bits per heavy atom. The van der Waals surface area contributed by atoms with Crippen LogP contribution in [0.1, 0.15) is 32.6 Å². The maximum Gasteiger partial charge on any atom is 0.338 e. The van der Waals surface area contributed by atoms with Gasteiger partial charge in [0.1, 0.15) is 5.69 Å². The van der Waals surface area contributed by atoms with Crippen LogP contribution in [0.25, 0.3) is 0 Å². The molecule has 0 spiro atoms. The summed E-state index contributed by atoms with van der Waals surface area (Å²) in [7, 11) is 0. The van der Waals surface area contributed by atoms with Gasteiger partial charge >= 0.3 is 5.97 Å². The third-order valence-electron chi connectivity index (χ3n) is 4.91. The summed E-state index contributed by atoms with van der Waals surface area (Å²) in [5.41, 5.74) is 12.2. The Hall–Kier alpha value is -3.64. The maximum atomic E-state index is 11.6. The molecule has 0 saturated carbocycles. The molecule has 0 aliphatic carbocycles. The molecule has 4 N–H and O–H groups in total. The third-order valence-corrected chi connectivity index (χ3v) is 5.49. The minimum Gasteiger partial charge on any atom is -0.478 e. The standard InChI is InChI=1S/C23H23N5O5S/c1-12-10-21(27-28-22-14(3)7-16(24)8-15(22)4)13(2)9-20(12)26-25-19-6-5-17(34-33-32-31)11-18(19)23(29)30/h5-11,31H,24H2,1-4H3,(H,29,30). The molecule has 34 heavy (non-hydrogen) atoms. The van der Waals surface area contributed by atoms with Crippen molar-refractivity contribution in [2.45, 2.75) is 32.6 Å². The van der Waals surface area contributed by atoms with Gasteiger partial charge in [0.05, 0.1) is 34.7 Å². The molecule has 0 amide bonds. The summed E-state index contributed by atoms with van der Waals surface area (Å²) in [6.07, 6.45) is 0. The van der Waals surface area contributed by atoms with Gasteiger partial charge in [-0.2, -0.15) is 10.2 Å². The van der Waals surface area contributed by atoms with E-state index < -0.39 is 5.97 Å². The SMILES string of the molecule is Cc1cc(N=Nc2c(C)cc(N)cc2C)c(C)cc1N=Nc1ccc(SOOO)cc1C(=O)O. The number of benzene rings is 3. The normalized spacial score (nSPS) is 11.6. The Labute approximate surface area is 200 Å². The number of aryl methyl sites for hydroxylation is 4. The lowest BCUT2D eigenvalue weighted by atomic mass is 10.1. The molecule has 0 heterocycles. The first-order valence-corrected chi connectivity index (χ1v) is 10.8. The number of nitrogens with zero attached hydrogens (tertiary/aromatic N) is 4. The van der Waals surface area contributed by atoms with Gasteiger partial charge in [0.25, 0.3) is 0 Å². The van der Waals surface area contributed by atoms with Crippen LogP contribution in [0.3, 0.4) is 0 Å². The van der Waals surface area contributed by atoms with Gasteiger partial charge in [-0.3, -0.25) is 0 Å². The predicted molar refractivity (Wildman–Crippen MR) is 129 cm³/mol. The van der Waals surface area contributed by atoms with Crippen molar-refractivity contribution in [3.63, 3.8) is 0 Å². The first kappa shape index (κ1) is 25.0. The van der Waals surface area contributed by atoms with Gasteiger partial charge in [-0.05, 0) is 92.4 Å². The molecule has 0 fully saturated rings. The molecular weight excluding hydrogens is 458 g/mol. The van der Waals surface area contributed by atoms with E-state index in [0.717, 1.165) is 27.9 Å². The number of nitrogens with two attached hydrogens (primary N) is 1. The molecule has 11 heteroatoms. The van der Waals surface area contributed by atoms with Gasteiger partial charge in [-0.1, -0.05) is 5.04 Å². The maximum absolute atomic E-state index is 11.6. The summed E-state index contributed by atoms with van der Waals surface area (Å²) in [4.78, 5) is 12.0. The zero-order valence-electron chi connectivity index (χ0n) is 18.9. The van der Waals surface area contributed by atoms with Gasteiger partial charge in [0.15, 0.2) is 0 Å². The van der Waals surface area contributed by atoms with Gasteiger partial charge in [0.2, 0.25) is 0 Å². The molecule has 0 bridgehead atoms. The molecule has 176 valence electrons. The summed E-state index contributed by atoms with van der Waals surface area (Å²) in [6.45, 7) is 7.61. The highest BCUT2D eigenvalue weighted by molar-refractivity contribution is 7.94. The van der Waals surface area contributed by atoms with E-state index >= 15 is 0 Å². The summed E-state index contributed by atoms with van der Waals surface area (Å²) >= 11 is 0.653. The van der Waals surface area contributed by atoms with E-state index in [1.54, 1.807) is 6.07 Å². The Morgan fingerprint density at radius 1 is 0.824 bits per heavy atom. The van der Waals surface area contributed by atoms with Crippen LogP contribution >= 0.6 is 12.0 Å². The van der Waals surface area contributed by atoms with Gasteiger partial charge in [-0.15, -0.1) is 14.6 Å². The first-order valence-electron chi connectivity index (χ1n) is 10.0. The molecule has 0 aliphatic rings.